The van der Waals surface area contributed by atoms with Crippen molar-refractivity contribution in [2.75, 3.05) is 0 Å². The number of aliphatic hydroxyl groups is 1. The maximum absolute atomic E-state index is 13.8. The van der Waals surface area contributed by atoms with Crippen LogP contribution in [0.25, 0.3) is 22.0 Å². The summed E-state index contributed by atoms with van der Waals surface area (Å²) in [5, 5.41) is 11.1. The Morgan fingerprint density at radius 3 is 2.35 bits per heavy atom. The normalized spacial score (nSPS) is 11.7. The van der Waals surface area contributed by atoms with Crippen molar-refractivity contribution in [2.24, 2.45) is 12.8 Å². The molecular weight excluding hydrogens is 437 g/mol. The first kappa shape index (κ1) is 23.3. The number of rotatable bonds is 5. The highest BCUT2D eigenvalue weighted by atomic mass is 19.1. The van der Waals surface area contributed by atoms with Crippen molar-refractivity contribution in [3.05, 3.63) is 81.2 Å². The van der Waals surface area contributed by atoms with E-state index in [1.807, 2.05) is 0 Å². The summed E-state index contributed by atoms with van der Waals surface area (Å²) in [5.74, 6) is -0.103. The smallest absolute Gasteiger partial charge is 0.274 e. The molecular formula is C26H26FN3O4. The Morgan fingerprint density at radius 1 is 1.12 bits per heavy atom. The van der Waals surface area contributed by atoms with Crippen LogP contribution in [-0.2, 0) is 12.6 Å². The van der Waals surface area contributed by atoms with Crippen LogP contribution in [0.2, 0.25) is 0 Å². The zero-order valence-electron chi connectivity index (χ0n) is 19.6. The van der Waals surface area contributed by atoms with Gasteiger partial charge in [-0.05, 0) is 74.7 Å². The van der Waals surface area contributed by atoms with Crippen LogP contribution >= 0.6 is 0 Å². The van der Waals surface area contributed by atoms with Gasteiger partial charge in [0.15, 0.2) is 0 Å². The van der Waals surface area contributed by atoms with E-state index in [1.54, 1.807) is 59.1 Å². The van der Waals surface area contributed by atoms with E-state index < -0.39 is 11.5 Å². The van der Waals surface area contributed by atoms with Gasteiger partial charge in [0, 0.05) is 29.8 Å². The SMILES string of the molecule is Cc1cc(F)cc(C)c1Oc1ccc(C(C)(C)O)cc1-c1cn(C)c(=O)c2[nH]c(C(N)=O)cc12. The minimum Gasteiger partial charge on any atom is -0.456 e. The fourth-order valence-electron chi connectivity index (χ4n) is 4.06. The maximum atomic E-state index is 13.8. The van der Waals surface area contributed by atoms with Gasteiger partial charge in [-0.3, -0.25) is 9.59 Å². The van der Waals surface area contributed by atoms with Crippen molar-refractivity contribution in [3.8, 4) is 22.6 Å². The average molecular weight is 464 g/mol. The molecule has 0 aliphatic rings. The Balaban J connectivity index is 2.03. The van der Waals surface area contributed by atoms with Crippen molar-refractivity contribution in [2.45, 2.75) is 33.3 Å². The Kier molecular flexibility index (Phi) is 5.57. The molecule has 0 fully saturated rings. The van der Waals surface area contributed by atoms with E-state index in [-0.39, 0.29) is 22.6 Å². The molecule has 0 radical (unpaired) electrons. The summed E-state index contributed by atoms with van der Waals surface area (Å²) in [6.45, 7) is 6.84. The van der Waals surface area contributed by atoms with Gasteiger partial charge in [-0.15, -0.1) is 0 Å². The lowest BCUT2D eigenvalue weighted by atomic mass is 9.93. The summed E-state index contributed by atoms with van der Waals surface area (Å²) in [7, 11) is 1.60. The Labute approximate surface area is 195 Å². The van der Waals surface area contributed by atoms with Crippen LogP contribution in [0.3, 0.4) is 0 Å². The first-order chi connectivity index (χ1) is 15.9. The summed E-state index contributed by atoms with van der Waals surface area (Å²) < 4.78 is 21.5. The molecule has 0 aliphatic heterocycles. The summed E-state index contributed by atoms with van der Waals surface area (Å²) in [5.41, 5.74) is 7.35. The highest BCUT2D eigenvalue weighted by Crippen LogP contribution is 2.40. The molecule has 8 heteroatoms. The third-order valence-electron chi connectivity index (χ3n) is 5.84. The molecule has 2 aromatic carbocycles. The molecule has 4 N–H and O–H groups in total. The third-order valence-corrected chi connectivity index (χ3v) is 5.84. The fourth-order valence-corrected chi connectivity index (χ4v) is 4.06. The number of benzene rings is 2. The molecule has 0 aliphatic carbocycles. The van der Waals surface area contributed by atoms with Crippen LogP contribution in [0.15, 0.2) is 47.4 Å². The molecule has 0 saturated carbocycles. The number of aromatic nitrogens is 2. The number of aryl methyl sites for hydroxylation is 3. The molecule has 176 valence electrons. The zero-order valence-corrected chi connectivity index (χ0v) is 19.6. The second-order valence-electron chi connectivity index (χ2n) is 9.04. The van der Waals surface area contributed by atoms with Crippen molar-refractivity contribution in [3.63, 3.8) is 0 Å². The largest absolute Gasteiger partial charge is 0.456 e. The van der Waals surface area contributed by atoms with Gasteiger partial charge in [-0.25, -0.2) is 4.39 Å². The van der Waals surface area contributed by atoms with Crippen LogP contribution in [-0.4, -0.2) is 20.6 Å². The monoisotopic (exact) mass is 463 g/mol. The number of halogens is 1. The molecule has 1 amide bonds. The van der Waals surface area contributed by atoms with Gasteiger partial charge in [0.25, 0.3) is 11.5 Å². The van der Waals surface area contributed by atoms with Crippen molar-refractivity contribution < 1.29 is 19.0 Å². The minimum atomic E-state index is -1.15. The summed E-state index contributed by atoms with van der Waals surface area (Å²) in [4.78, 5) is 27.4. The lowest BCUT2D eigenvalue weighted by molar-refractivity contribution is 0.0786. The first-order valence-electron chi connectivity index (χ1n) is 10.7. The van der Waals surface area contributed by atoms with Gasteiger partial charge in [0.05, 0.1) is 5.60 Å². The van der Waals surface area contributed by atoms with Gasteiger partial charge >= 0.3 is 0 Å². The predicted octanol–water partition coefficient (Wildman–Crippen LogP) is 4.41. The number of hydrogen-bond acceptors (Lipinski definition) is 4. The van der Waals surface area contributed by atoms with E-state index >= 15 is 0 Å². The zero-order chi connectivity index (χ0) is 24.9. The number of ether oxygens (including phenoxy) is 1. The van der Waals surface area contributed by atoms with Gasteiger partial charge < -0.3 is 25.1 Å². The van der Waals surface area contributed by atoms with E-state index in [0.29, 0.717) is 44.7 Å². The Hall–Kier alpha value is -3.91. The summed E-state index contributed by atoms with van der Waals surface area (Å²) in [6.07, 6.45) is 1.64. The quantitative estimate of drug-likeness (QED) is 0.407. The van der Waals surface area contributed by atoms with Gasteiger partial charge in [-0.1, -0.05) is 6.07 Å². The van der Waals surface area contributed by atoms with E-state index in [4.69, 9.17) is 10.5 Å². The number of nitrogens with zero attached hydrogens (tertiary/aromatic N) is 1. The minimum absolute atomic E-state index is 0.103. The third kappa shape index (κ3) is 4.08. The van der Waals surface area contributed by atoms with E-state index in [0.717, 1.165) is 0 Å². The molecule has 0 saturated heterocycles. The van der Waals surface area contributed by atoms with Crippen LogP contribution in [0.5, 0.6) is 11.5 Å². The first-order valence-corrected chi connectivity index (χ1v) is 10.7. The number of amides is 1. The molecule has 4 rings (SSSR count). The lowest BCUT2D eigenvalue weighted by Gasteiger charge is -2.22. The second kappa shape index (κ2) is 8.14. The average Bonchev–Trinajstić information content (AvgIpc) is 3.19. The molecule has 2 heterocycles. The topological polar surface area (TPSA) is 110 Å². The standard InChI is InChI=1S/C26H26FN3O4/c1-13-8-16(27)9-14(2)23(13)34-21-7-6-15(26(3,4)33)10-17(21)19-12-30(5)25(32)22-18(19)11-20(29-22)24(28)31/h6-12,29,33H,1-5H3,(H2,28,31). The Bertz CT molecular complexity index is 1490. The fraction of sp³-hybridized carbons (Fsp3) is 0.231. The van der Waals surface area contributed by atoms with Gasteiger partial charge in [0.2, 0.25) is 0 Å². The van der Waals surface area contributed by atoms with Crippen molar-refractivity contribution in [1.29, 1.82) is 0 Å². The molecule has 0 atom stereocenters. The second-order valence-corrected chi connectivity index (χ2v) is 9.04. The highest BCUT2D eigenvalue weighted by molar-refractivity contribution is 6.02. The molecule has 2 aromatic heterocycles. The predicted molar refractivity (Wildman–Crippen MR) is 129 cm³/mol. The number of H-pyrrole nitrogens is 1. The highest BCUT2D eigenvalue weighted by Gasteiger charge is 2.23. The van der Waals surface area contributed by atoms with Gasteiger partial charge in [-0.2, -0.15) is 0 Å². The van der Waals surface area contributed by atoms with E-state index in [1.165, 1.54) is 22.8 Å². The number of nitrogens with two attached hydrogens (primary N) is 1. The van der Waals surface area contributed by atoms with Crippen LogP contribution in [0, 0.1) is 19.7 Å². The molecule has 0 unspecified atom stereocenters. The number of fused-ring (bicyclic) bond motifs is 1. The number of hydrogen-bond donors (Lipinski definition) is 3. The van der Waals surface area contributed by atoms with E-state index in [2.05, 4.69) is 4.98 Å². The van der Waals surface area contributed by atoms with E-state index in [9.17, 15) is 19.1 Å². The number of carbonyl (C=O) groups is 1. The number of carbonyl (C=O) groups excluding carboxylic acids is 1. The van der Waals surface area contributed by atoms with Crippen molar-refractivity contribution >= 4 is 16.8 Å². The molecule has 7 nitrogen and oxygen atoms in total. The number of aromatic amines is 1. The lowest BCUT2D eigenvalue weighted by Crippen LogP contribution is -2.18. The number of pyridine rings is 1. The Morgan fingerprint density at radius 2 is 1.76 bits per heavy atom. The number of primary amides is 1. The summed E-state index contributed by atoms with van der Waals surface area (Å²) >= 11 is 0. The number of nitrogens with one attached hydrogen (secondary N) is 1. The van der Waals surface area contributed by atoms with Crippen LogP contribution in [0.1, 0.15) is 41.0 Å². The molecule has 0 bridgehead atoms. The molecule has 34 heavy (non-hydrogen) atoms. The molecule has 0 spiro atoms. The van der Waals surface area contributed by atoms with Gasteiger partial charge in [0.1, 0.15) is 28.5 Å². The van der Waals surface area contributed by atoms with Crippen LogP contribution in [0.4, 0.5) is 4.39 Å². The summed E-state index contributed by atoms with van der Waals surface area (Å²) in [6, 6.07) is 9.57. The van der Waals surface area contributed by atoms with Crippen molar-refractivity contribution in [1.82, 2.24) is 9.55 Å². The maximum Gasteiger partial charge on any atom is 0.274 e. The van der Waals surface area contributed by atoms with Crippen LogP contribution < -0.4 is 16.0 Å². The molecule has 4 aromatic rings.